The van der Waals surface area contributed by atoms with Crippen LogP contribution in [0.3, 0.4) is 0 Å². The van der Waals surface area contributed by atoms with Crippen LogP contribution in [0.5, 0.6) is 5.75 Å². The van der Waals surface area contributed by atoms with Gasteiger partial charge in [-0.3, -0.25) is 0 Å². The van der Waals surface area contributed by atoms with Crippen LogP contribution in [-0.2, 0) is 6.42 Å². The van der Waals surface area contributed by atoms with Crippen molar-refractivity contribution in [2.75, 3.05) is 13.7 Å². The molecule has 0 saturated heterocycles. The molecule has 0 fully saturated rings. The summed E-state index contributed by atoms with van der Waals surface area (Å²) in [4.78, 5) is 0. The van der Waals surface area contributed by atoms with Crippen molar-refractivity contribution in [3.63, 3.8) is 0 Å². The van der Waals surface area contributed by atoms with Crippen LogP contribution in [-0.4, -0.2) is 19.7 Å². The molecule has 0 aromatic heterocycles. The lowest BCUT2D eigenvalue weighted by molar-refractivity contribution is 0.340. The van der Waals surface area contributed by atoms with Crippen LogP contribution in [0.4, 0.5) is 4.39 Å². The summed E-state index contributed by atoms with van der Waals surface area (Å²) in [7, 11) is 1.50. The third-order valence-electron chi connectivity index (χ3n) is 3.48. The van der Waals surface area contributed by atoms with E-state index in [0.717, 1.165) is 18.5 Å². The lowest BCUT2D eigenvalue weighted by atomic mass is 9.88. The van der Waals surface area contributed by atoms with Crippen molar-refractivity contribution in [1.29, 1.82) is 0 Å². The lowest BCUT2D eigenvalue weighted by Gasteiger charge is -2.23. The summed E-state index contributed by atoms with van der Waals surface area (Å²) >= 11 is 0. The molecule has 1 aromatic carbocycles. The summed E-state index contributed by atoms with van der Waals surface area (Å²) < 4.78 is 19.2. The summed E-state index contributed by atoms with van der Waals surface area (Å²) in [5, 5.41) is 3.44. The van der Waals surface area contributed by atoms with Crippen molar-refractivity contribution in [3.8, 4) is 5.75 Å². The maximum Gasteiger partial charge on any atom is 0.168 e. The Morgan fingerprint density at radius 1 is 1.21 bits per heavy atom. The molecule has 1 aromatic rings. The number of hydrogen-bond donors (Lipinski definition) is 1. The molecule has 0 saturated carbocycles. The number of nitrogens with one attached hydrogen (secondary N) is 1. The minimum Gasteiger partial charge on any atom is -0.494 e. The molecule has 0 aliphatic rings. The molecule has 0 amide bonds. The molecule has 0 bridgehead atoms. The predicted molar refractivity (Wildman–Crippen MR) is 78.1 cm³/mol. The Morgan fingerprint density at radius 2 is 1.89 bits per heavy atom. The number of hydrogen-bond acceptors (Lipinski definition) is 2. The van der Waals surface area contributed by atoms with E-state index in [9.17, 15) is 4.39 Å². The smallest absolute Gasteiger partial charge is 0.168 e. The van der Waals surface area contributed by atoms with Crippen LogP contribution in [0.25, 0.3) is 0 Å². The largest absolute Gasteiger partial charge is 0.494 e. The molecule has 1 unspecified atom stereocenters. The van der Waals surface area contributed by atoms with E-state index in [1.54, 1.807) is 6.07 Å². The maximum absolute atomic E-state index is 14.2. The minimum absolute atomic E-state index is 0.222. The van der Waals surface area contributed by atoms with Gasteiger partial charge in [0.15, 0.2) is 11.6 Å². The number of ether oxygens (including phenoxy) is 1. The summed E-state index contributed by atoms with van der Waals surface area (Å²) in [5.74, 6) is 1.04. The first-order chi connectivity index (χ1) is 8.95. The van der Waals surface area contributed by atoms with Gasteiger partial charge in [-0.05, 0) is 36.4 Å². The van der Waals surface area contributed by atoms with Gasteiger partial charge in [0.2, 0.25) is 0 Å². The fraction of sp³-hybridized carbons (Fsp3) is 0.625. The molecule has 0 spiro atoms. The van der Waals surface area contributed by atoms with Crippen molar-refractivity contribution < 1.29 is 9.13 Å². The second-order valence-electron chi connectivity index (χ2n) is 5.70. The predicted octanol–water partition coefficient (Wildman–Crippen LogP) is 3.65. The van der Waals surface area contributed by atoms with Crippen LogP contribution >= 0.6 is 0 Å². The molecular formula is C16H26FNO. The van der Waals surface area contributed by atoms with E-state index in [4.69, 9.17) is 4.74 Å². The minimum atomic E-state index is -0.222. The van der Waals surface area contributed by atoms with E-state index in [2.05, 4.69) is 33.0 Å². The van der Waals surface area contributed by atoms with Crippen LogP contribution in [0, 0.1) is 17.7 Å². The highest BCUT2D eigenvalue weighted by Gasteiger charge is 2.18. The van der Waals surface area contributed by atoms with Gasteiger partial charge in [0.25, 0.3) is 0 Å². The third-order valence-corrected chi connectivity index (χ3v) is 3.48. The first-order valence-corrected chi connectivity index (χ1v) is 7.00. The zero-order valence-corrected chi connectivity index (χ0v) is 12.7. The van der Waals surface area contributed by atoms with E-state index in [-0.39, 0.29) is 5.82 Å². The van der Waals surface area contributed by atoms with Gasteiger partial charge in [0.1, 0.15) is 0 Å². The standard InChI is InChI=1S/C16H26FNO/c1-11(2)14(10-18-12(3)4)9-13-7-6-8-15(19-5)16(13)17/h6-8,11-12,14,18H,9-10H2,1-5H3. The maximum atomic E-state index is 14.2. The van der Waals surface area contributed by atoms with Gasteiger partial charge < -0.3 is 10.1 Å². The van der Waals surface area contributed by atoms with Crippen LogP contribution < -0.4 is 10.1 Å². The summed E-state index contributed by atoms with van der Waals surface area (Å²) in [6.45, 7) is 9.54. The molecule has 1 N–H and O–H groups in total. The van der Waals surface area contributed by atoms with Crippen molar-refractivity contribution in [2.45, 2.75) is 40.2 Å². The molecule has 0 aliphatic carbocycles. The molecule has 108 valence electrons. The van der Waals surface area contributed by atoms with Gasteiger partial charge in [0.05, 0.1) is 7.11 Å². The average molecular weight is 267 g/mol. The quantitative estimate of drug-likeness (QED) is 0.814. The molecule has 1 atom stereocenters. The molecule has 3 heteroatoms. The Hall–Kier alpha value is -1.09. The number of rotatable bonds is 7. The SMILES string of the molecule is COc1cccc(CC(CNC(C)C)C(C)C)c1F. The fourth-order valence-corrected chi connectivity index (χ4v) is 2.08. The van der Waals surface area contributed by atoms with Crippen LogP contribution in [0.1, 0.15) is 33.3 Å². The van der Waals surface area contributed by atoms with E-state index in [0.29, 0.717) is 23.6 Å². The van der Waals surface area contributed by atoms with Gasteiger partial charge in [-0.1, -0.05) is 39.8 Å². The fourth-order valence-electron chi connectivity index (χ4n) is 2.08. The van der Waals surface area contributed by atoms with Gasteiger partial charge in [-0.2, -0.15) is 0 Å². The van der Waals surface area contributed by atoms with Crippen molar-refractivity contribution in [3.05, 3.63) is 29.6 Å². The van der Waals surface area contributed by atoms with E-state index in [1.807, 2.05) is 12.1 Å². The third kappa shape index (κ3) is 4.83. The molecular weight excluding hydrogens is 241 g/mol. The Bertz CT molecular complexity index is 390. The topological polar surface area (TPSA) is 21.3 Å². The normalized spacial score (nSPS) is 13.1. The molecule has 19 heavy (non-hydrogen) atoms. The van der Waals surface area contributed by atoms with Crippen molar-refractivity contribution in [1.82, 2.24) is 5.32 Å². The zero-order valence-electron chi connectivity index (χ0n) is 12.7. The first-order valence-electron chi connectivity index (χ1n) is 7.00. The van der Waals surface area contributed by atoms with Crippen LogP contribution in [0.2, 0.25) is 0 Å². The Kier molecular flexibility index (Phi) is 6.29. The molecule has 0 radical (unpaired) electrons. The summed E-state index contributed by atoms with van der Waals surface area (Å²) in [6, 6.07) is 5.82. The van der Waals surface area contributed by atoms with Crippen molar-refractivity contribution >= 4 is 0 Å². The van der Waals surface area contributed by atoms with E-state index in [1.165, 1.54) is 7.11 Å². The summed E-state index contributed by atoms with van der Waals surface area (Å²) in [6.07, 6.45) is 0.737. The number of halogens is 1. The number of methoxy groups -OCH3 is 1. The van der Waals surface area contributed by atoms with Crippen molar-refractivity contribution in [2.24, 2.45) is 11.8 Å². The Labute approximate surface area is 116 Å². The lowest BCUT2D eigenvalue weighted by Crippen LogP contribution is -2.32. The Balaban J connectivity index is 2.79. The molecule has 1 rings (SSSR count). The average Bonchev–Trinajstić information content (AvgIpc) is 2.35. The van der Waals surface area contributed by atoms with Gasteiger partial charge in [-0.25, -0.2) is 4.39 Å². The molecule has 0 heterocycles. The second-order valence-corrected chi connectivity index (χ2v) is 5.70. The van der Waals surface area contributed by atoms with E-state index < -0.39 is 0 Å². The highest BCUT2D eigenvalue weighted by Crippen LogP contribution is 2.24. The Morgan fingerprint density at radius 3 is 2.42 bits per heavy atom. The van der Waals surface area contributed by atoms with E-state index >= 15 is 0 Å². The highest BCUT2D eigenvalue weighted by atomic mass is 19.1. The summed E-state index contributed by atoms with van der Waals surface area (Å²) in [5.41, 5.74) is 0.739. The molecule has 2 nitrogen and oxygen atoms in total. The van der Waals surface area contributed by atoms with Gasteiger partial charge in [-0.15, -0.1) is 0 Å². The highest BCUT2D eigenvalue weighted by molar-refractivity contribution is 5.31. The number of benzene rings is 1. The van der Waals surface area contributed by atoms with Gasteiger partial charge >= 0.3 is 0 Å². The second kappa shape index (κ2) is 7.49. The monoisotopic (exact) mass is 267 g/mol. The first kappa shape index (κ1) is 16.0. The zero-order chi connectivity index (χ0) is 14.4. The van der Waals surface area contributed by atoms with Crippen LogP contribution in [0.15, 0.2) is 18.2 Å². The van der Waals surface area contributed by atoms with Gasteiger partial charge in [0, 0.05) is 6.04 Å². The molecule has 0 aliphatic heterocycles.